The van der Waals surface area contributed by atoms with Gasteiger partial charge in [0.25, 0.3) is 0 Å². The van der Waals surface area contributed by atoms with Crippen LogP contribution < -0.4 is 0 Å². The lowest BCUT2D eigenvalue weighted by atomic mass is 9.88. The summed E-state index contributed by atoms with van der Waals surface area (Å²) < 4.78 is 228. The highest BCUT2D eigenvalue weighted by atomic mass is 19.4. The predicted octanol–water partition coefficient (Wildman–Crippen LogP) is 6.86. The van der Waals surface area contributed by atoms with Crippen LogP contribution in [0.2, 0.25) is 0 Å². The summed E-state index contributed by atoms with van der Waals surface area (Å²) in [4.78, 5) is 3.76. The summed E-state index contributed by atoms with van der Waals surface area (Å²) in [6, 6.07) is 0. The SMILES string of the molecule is Cn1cncc1-c1cn(CCCCC(F)(F)C(F)(F)C(F)(F)C(F)(F)C(F)(F)C(F)(F)C(F)(F)C(F)(F)F)nn1. The maximum absolute atomic E-state index is 13.9. The Morgan fingerprint density at radius 2 is 1.12 bits per heavy atom. The van der Waals surface area contributed by atoms with Crippen LogP contribution in [0.5, 0.6) is 0 Å². The Hall–Kier alpha value is -2.84. The second kappa shape index (κ2) is 9.91. The van der Waals surface area contributed by atoms with E-state index in [0.717, 1.165) is 4.68 Å². The molecule has 0 saturated heterocycles. The van der Waals surface area contributed by atoms with Crippen LogP contribution >= 0.6 is 0 Å². The third-order valence-electron chi connectivity index (χ3n) is 5.53. The molecule has 0 amide bonds. The number of unbranched alkanes of at least 4 members (excludes halogenated alkanes) is 1. The second-order valence-corrected chi connectivity index (χ2v) is 8.36. The lowest BCUT2D eigenvalue weighted by Crippen LogP contribution is -2.74. The number of imidazole rings is 1. The van der Waals surface area contributed by atoms with Crippen LogP contribution in [0, 0.1) is 0 Å². The Bertz CT molecular complexity index is 1160. The molecular weight excluding hydrogens is 609 g/mol. The van der Waals surface area contributed by atoms with E-state index in [1.807, 2.05) is 0 Å². The molecule has 2 aromatic heterocycles. The molecule has 2 aromatic rings. The van der Waals surface area contributed by atoms with Crippen LogP contribution in [-0.2, 0) is 13.6 Å². The van der Waals surface area contributed by atoms with Crippen LogP contribution in [0.15, 0.2) is 18.7 Å². The van der Waals surface area contributed by atoms with Gasteiger partial charge in [-0.15, -0.1) is 5.10 Å². The van der Waals surface area contributed by atoms with Gasteiger partial charge in [0.1, 0.15) is 5.69 Å². The van der Waals surface area contributed by atoms with Crippen LogP contribution in [0.1, 0.15) is 19.3 Å². The summed E-state index contributed by atoms with van der Waals surface area (Å²) >= 11 is 0. The van der Waals surface area contributed by atoms with E-state index in [4.69, 9.17) is 0 Å². The van der Waals surface area contributed by atoms with Crippen molar-refractivity contribution >= 4 is 0 Å². The Morgan fingerprint density at radius 3 is 1.57 bits per heavy atom. The number of halogens is 17. The quantitative estimate of drug-likeness (QED) is 0.192. The van der Waals surface area contributed by atoms with E-state index in [9.17, 15) is 74.6 Å². The minimum atomic E-state index is -8.62. The third kappa shape index (κ3) is 4.94. The Kier molecular flexibility index (Phi) is 8.27. The summed E-state index contributed by atoms with van der Waals surface area (Å²) in [5, 5.41) is 7.20. The summed E-state index contributed by atoms with van der Waals surface area (Å²) in [5.41, 5.74) is 0.573. The summed E-state index contributed by atoms with van der Waals surface area (Å²) in [6.07, 6.45) is -8.27. The molecule has 0 bridgehead atoms. The van der Waals surface area contributed by atoms with E-state index in [0.29, 0.717) is 5.69 Å². The first-order chi connectivity index (χ1) is 17.7. The van der Waals surface area contributed by atoms with Crippen molar-refractivity contribution in [2.75, 3.05) is 0 Å². The van der Waals surface area contributed by atoms with Crippen LogP contribution in [-0.4, -0.2) is 72.2 Å². The largest absolute Gasteiger partial charge is 0.460 e. The molecular formula is C18H14F17N5. The molecule has 40 heavy (non-hydrogen) atoms. The molecule has 0 aromatic carbocycles. The zero-order valence-corrected chi connectivity index (χ0v) is 19.2. The van der Waals surface area contributed by atoms with Gasteiger partial charge in [-0.3, -0.25) is 4.68 Å². The smallest absolute Gasteiger partial charge is 0.332 e. The van der Waals surface area contributed by atoms with Gasteiger partial charge in [-0.05, 0) is 12.8 Å². The molecule has 0 fully saturated rings. The molecule has 0 saturated carbocycles. The van der Waals surface area contributed by atoms with Crippen LogP contribution in [0.25, 0.3) is 11.4 Å². The first-order valence-corrected chi connectivity index (χ1v) is 10.3. The Labute approximate surface area is 210 Å². The molecule has 22 heteroatoms. The molecule has 0 N–H and O–H groups in total. The number of aromatic nitrogens is 5. The average molecular weight is 623 g/mol. The highest BCUT2D eigenvalue weighted by Gasteiger charge is 2.95. The van der Waals surface area contributed by atoms with Crippen molar-refractivity contribution in [2.45, 2.75) is 73.4 Å². The third-order valence-corrected chi connectivity index (χ3v) is 5.53. The van der Waals surface area contributed by atoms with Gasteiger partial charge < -0.3 is 4.57 Å². The van der Waals surface area contributed by atoms with Gasteiger partial charge in [-0.25, -0.2) is 4.98 Å². The lowest BCUT2D eigenvalue weighted by molar-refractivity contribution is -0.461. The molecule has 2 rings (SSSR count). The molecule has 0 unspecified atom stereocenters. The maximum Gasteiger partial charge on any atom is 0.460 e. The summed E-state index contributed by atoms with van der Waals surface area (Å²) in [7, 11) is 1.54. The maximum atomic E-state index is 13.9. The van der Waals surface area contributed by atoms with Gasteiger partial charge in [-0.2, -0.15) is 74.6 Å². The Morgan fingerprint density at radius 1 is 0.650 bits per heavy atom. The van der Waals surface area contributed by atoms with Crippen LogP contribution in [0.4, 0.5) is 74.6 Å². The number of nitrogens with zero attached hydrogens (tertiary/aromatic N) is 5. The molecule has 0 aliphatic carbocycles. The summed E-state index contributed by atoms with van der Waals surface area (Å²) in [5.74, 6) is -56.2. The van der Waals surface area contributed by atoms with Crippen molar-refractivity contribution < 1.29 is 74.6 Å². The van der Waals surface area contributed by atoms with Crippen molar-refractivity contribution in [2.24, 2.45) is 7.05 Å². The molecule has 5 nitrogen and oxygen atoms in total. The zero-order valence-electron chi connectivity index (χ0n) is 19.2. The first kappa shape index (κ1) is 33.4. The van der Waals surface area contributed by atoms with E-state index < -0.39 is 73.4 Å². The zero-order chi connectivity index (χ0) is 31.4. The molecule has 0 spiro atoms. The average Bonchev–Trinajstić information content (AvgIpc) is 3.43. The highest BCUT2D eigenvalue weighted by molar-refractivity contribution is 5.51. The first-order valence-electron chi connectivity index (χ1n) is 10.3. The highest BCUT2D eigenvalue weighted by Crippen LogP contribution is 2.64. The topological polar surface area (TPSA) is 48.5 Å². The Balaban J connectivity index is 2.22. The van der Waals surface area contributed by atoms with Gasteiger partial charge in [0, 0.05) is 20.0 Å². The van der Waals surface area contributed by atoms with Crippen molar-refractivity contribution in [1.29, 1.82) is 0 Å². The minimum Gasteiger partial charge on any atom is -0.332 e. The van der Waals surface area contributed by atoms with E-state index in [-0.39, 0.29) is 5.69 Å². The van der Waals surface area contributed by atoms with Gasteiger partial charge in [0.2, 0.25) is 0 Å². The standard InChI is InChI=1S/C18H14F17N5/c1-39-8-36-6-10(39)9-7-40(38-37-9)5-3-2-4-11(19,20)12(21,22)13(23,24)14(25,26)15(27,28)16(29,30)17(31,32)18(33,34)35/h6-8H,2-5H2,1H3. The molecule has 0 radical (unpaired) electrons. The minimum absolute atomic E-state index is 0.174. The van der Waals surface area contributed by atoms with E-state index in [1.54, 1.807) is 7.05 Å². The number of hydrogen-bond donors (Lipinski definition) is 0. The van der Waals surface area contributed by atoms with Gasteiger partial charge in [0.05, 0.1) is 24.4 Å². The second-order valence-electron chi connectivity index (χ2n) is 8.36. The van der Waals surface area contributed by atoms with E-state index in [2.05, 4.69) is 15.3 Å². The molecule has 230 valence electrons. The lowest BCUT2D eigenvalue weighted by Gasteiger charge is -2.42. The van der Waals surface area contributed by atoms with Gasteiger partial charge in [0.15, 0.2) is 0 Å². The van der Waals surface area contributed by atoms with Gasteiger partial charge in [-0.1, -0.05) is 5.21 Å². The van der Waals surface area contributed by atoms with E-state index in [1.165, 1.54) is 23.3 Å². The van der Waals surface area contributed by atoms with Crippen molar-refractivity contribution in [1.82, 2.24) is 24.5 Å². The van der Waals surface area contributed by atoms with E-state index >= 15 is 0 Å². The fraction of sp³-hybridized carbons (Fsp3) is 0.722. The summed E-state index contributed by atoms with van der Waals surface area (Å²) in [6.45, 7) is -0.435. The number of aryl methyl sites for hydroxylation is 2. The van der Waals surface area contributed by atoms with Crippen molar-refractivity contribution in [3.05, 3.63) is 18.7 Å². The van der Waals surface area contributed by atoms with Gasteiger partial charge >= 0.3 is 47.6 Å². The molecule has 0 aliphatic rings. The number of rotatable bonds is 12. The monoisotopic (exact) mass is 623 g/mol. The van der Waals surface area contributed by atoms with Crippen molar-refractivity contribution in [3.63, 3.8) is 0 Å². The normalized spacial score (nSPS) is 15.2. The molecule has 2 heterocycles. The fourth-order valence-electron chi connectivity index (χ4n) is 3.10. The predicted molar refractivity (Wildman–Crippen MR) is 96.8 cm³/mol. The molecule has 0 aliphatic heterocycles. The molecule has 0 atom stereocenters. The van der Waals surface area contributed by atoms with Crippen LogP contribution in [0.3, 0.4) is 0 Å². The number of hydrogen-bond acceptors (Lipinski definition) is 3. The number of alkyl halides is 17. The fourth-order valence-corrected chi connectivity index (χ4v) is 3.10. The van der Waals surface area contributed by atoms with Crippen molar-refractivity contribution in [3.8, 4) is 11.4 Å².